The van der Waals surface area contributed by atoms with Crippen LogP contribution in [0.5, 0.6) is 5.75 Å². The van der Waals surface area contributed by atoms with Crippen molar-refractivity contribution in [1.82, 2.24) is 5.32 Å². The highest BCUT2D eigenvalue weighted by Crippen LogP contribution is 2.44. The highest BCUT2D eigenvalue weighted by atomic mass is 16.7. The van der Waals surface area contributed by atoms with Crippen LogP contribution in [-0.2, 0) is 19.0 Å². The molecule has 1 saturated heterocycles. The van der Waals surface area contributed by atoms with E-state index >= 15 is 0 Å². The van der Waals surface area contributed by atoms with Crippen LogP contribution < -0.4 is 15.4 Å². The lowest BCUT2D eigenvalue weighted by Crippen LogP contribution is -2.38. The molecule has 0 saturated carbocycles. The molecule has 2 aliphatic rings. The summed E-state index contributed by atoms with van der Waals surface area (Å²) in [7, 11) is 1.30. The molecule has 43 heavy (non-hydrogen) atoms. The van der Waals surface area contributed by atoms with Crippen LogP contribution in [0, 0.1) is 19.3 Å². The number of hydrogen-bond donors (Lipinski definition) is 3. The van der Waals surface area contributed by atoms with Crippen LogP contribution in [0.4, 0.5) is 10.5 Å². The second kappa shape index (κ2) is 14.7. The van der Waals surface area contributed by atoms with E-state index in [1.165, 1.54) is 29.4 Å². The quantitative estimate of drug-likeness (QED) is 0.203. The summed E-state index contributed by atoms with van der Waals surface area (Å²) in [6.45, 7) is 1.14. The van der Waals surface area contributed by atoms with Gasteiger partial charge in [0, 0.05) is 31.8 Å². The van der Waals surface area contributed by atoms with Crippen molar-refractivity contribution >= 4 is 23.8 Å². The second-order valence-corrected chi connectivity index (χ2v) is 10.0. The average molecular weight is 584 g/mol. The van der Waals surface area contributed by atoms with Gasteiger partial charge >= 0.3 is 12.1 Å². The Morgan fingerprint density at radius 1 is 0.977 bits per heavy atom. The molecular formula is C34H35N2O7. The maximum absolute atomic E-state index is 12.5. The normalized spacial score (nSPS) is 17.6. The Morgan fingerprint density at radius 2 is 1.72 bits per heavy atom. The third kappa shape index (κ3) is 7.55. The molecule has 3 N–H and O–H groups in total. The largest absolute Gasteiger partial charge is 0.467 e. The van der Waals surface area contributed by atoms with Crippen molar-refractivity contribution in [2.75, 3.05) is 38.7 Å². The number of benzene rings is 3. The predicted octanol–water partition coefficient (Wildman–Crippen LogP) is 4.92. The highest BCUT2D eigenvalue weighted by Gasteiger charge is 2.31. The third-order valence-corrected chi connectivity index (χ3v) is 7.21. The summed E-state index contributed by atoms with van der Waals surface area (Å²) in [5, 5.41) is 15.3. The molecule has 2 atom stereocenters. The van der Waals surface area contributed by atoms with E-state index in [1.807, 2.05) is 36.4 Å². The van der Waals surface area contributed by atoms with Crippen LogP contribution in [0.3, 0.4) is 0 Å². The van der Waals surface area contributed by atoms with Gasteiger partial charge in [-0.3, -0.25) is 0 Å². The molecule has 9 nitrogen and oxygen atoms in total. The summed E-state index contributed by atoms with van der Waals surface area (Å²) in [6, 6.07) is 22.0. The van der Waals surface area contributed by atoms with Gasteiger partial charge in [-0.15, -0.1) is 0 Å². The lowest BCUT2D eigenvalue weighted by Gasteiger charge is -2.28. The molecule has 1 heterocycles. The number of carbonyl (C=O) groups is 2. The standard InChI is InChI=1S/C34H35N2O7/c1-40-33(38)31-14-6-15-32(43-31)42-30-17-16-23(9-7-20-37)21-29(30)35-18-8-19-36-34(39)41-22-28-26-12-4-2-10-24(26)25-11-3-5-13-27(25)28/h2-7,9-17,21,28,31-32,35,37H,8,18-20,22H2,1H3,(H,36,39)/b9-7+/t31-,32+/m0/s1. The van der Waals surface area contributed by atoms with Crippen molar-refractivity contribution in [3.8, 4) is 16.9 Å². The molecule has 1 fully saturated rings. The van der Waals surface area contributed by atoms with Crippen molar-refractivity contribution in [2.45, 2.75) is 24.7 Å². The van der Waals surface area contributed by atoms with Gasteiger partial charge < -0.3 is 34.7 Å². The van der Waals surface area contributed by atoms with Gasteiger partial charge in [-0.25, -0.2) is 9.59 Å². The summed E-state index contributed by atoms with van der Waals surface area (Å²) in [6.07, 6.45) is 6.96. The zero-order valence-corrected chi connectivity index (χ0v) is 23.9. The summed E-state index contributed by atoms with van der Waals surface area (Å²) in [5.74, 6) is 0.0182. The topological polar surface area (TPSA) is 115 Å². The Kier molecular flexibility index (Phi) is 10.3. The fraction of sp³-hybridized carbons (Fsp3) is 0.265. The molecule has 3 radical (unpaired) electrons. The van der Waals surface area contributed by atoms with Gasteiger partial charge in [0.15, 0.2) is 6.10 Å². The number of alkyl carbamates (subject to hydrolysis) is 1. The van der Waals surface area contributed by atoms with E-state index in [0.717, 1.165) is 5.56 Å². The van der Waals surface area contributed by atoms with Crippen molar-refractivity contribution in [2.24, 2.45) is 0 Å². The Morgan fingerprint density at radius 3 is 2.44 bits per heavy atom. The summed E-state index contributed by atoms with van der Waals surface area (Å²) >= 11 is 0. The van der Waals surface area contributed by atoms with Gasteiger partial charge in [-0.1, -0.05) is 66.7 Å². The summed E-state index contributed by atoms with van der Waals surface area (Å²) in [4.78, 5) is 24.4. The Balaban J connectivity index is 1.11. The highest BCUT2D eigenvalue weighted by molar-refractivity contribution is 5.79. The van der Waals surface area contributed by atoms with Crippen LogP contribution in [0.25, 0.3) is 17.2 Å². The fourth-order valence-corrected chi connectivity index (χ4v) is 5.17. The third-order valence-electron chi connectivity index (χ3n) is 7.21. The van der Waals surface area contributed by atoms with E-state index in [2.05, 4.69) is 34.9 Å². The monoisotopic (exact) mass is 583 g/mol. The SMILES string of the molecule is COC(=O)[C@@H]1[CH][CH][CH][C@H](Oc2ccc(/C=C/CO)cc2NCCCNC(=O)OCC2c3ccccc3-c3ccccc32)O1. The van der Waals surface area contributed by atoms with Crippen LogP contribution >= 0.6 is 0 Å². The van der Waals surface area contributed by atoms with E-state index < -0.39 is 24.5 Å². The molecule has 0 aromatic heterocycles. The number of fused-ring (bicyclic) bond motifs is 3. The molecule has 5 rings (SSSR count). The van der Waals surface area contributed by atoms with E-state index in [0.29, 0.717) is 30.9 Å². The minimum Gasteiger partial charge on any atom is -0.467 e. The van der Waals surface area contributed by atoms with Gasteiger partial charge in [-0.05, 0) is 52.8 Å². The first kappa shape index (κ1) is 30.1. The number of methoxy groups -OCH3 is 1. The Hall–Kier alpha value is -4.34. The van der Waals surface area contributed by atoms with Crippen molar-refractivity contribution < 1.29 is 33.6 Å². The van der Waals surface area contributed by atoms with Gasteiger partial charge in [0.1, 0.15) is 12.4 Å². The van der Waals surface area contributed by atoms with Crippen LogP contribution in [0.1, 0.15) is 29.0 Å². The predicted molar refractivity (Wildman–Crippen MR) is 163 cm³/mol. The van der Waals surface area contributed by atoms with Gasteiger partial charge in [0.2, 0.25) is 6.29 Å². The van der Waals surface area contributed by atoms with Crippen molar-refractivity contribution in [3.63, 3.8) is 0 Å². The number of hydrogen-bond acceptors (Lipinski definition) is 8. The number of rotatable bonds is 12. The Bertz CT molecular complexity index is 1390. The number of aliphatic hydroxyl groups is 1. The van der Waals surface area contributed by atoms with E-state index in [9.17, 15) is 9.59 Å². The number of nitrogens with one attached hydrogen (secondary N) is 2. The van der Waals surface area contributed by atoms with E-state index in [4.69, 9.17) is 24.1 Å². The number of aliphatic hydroxyl groups excluding tert-OH is 1. The number of carbonyl (C=O) groups excluding carboxylic acids is 2. The molecule has 1 amide bonds. The zero-order valence-electron chi connectivity index (χ0n) is 23.9. The number of amides is 1. The van der Waals surface area contributed by atoms with Crippen molar-refractivity contribution in [3.05, 3.63) is 109 Å². The van der Waals surface area contributed by atoms with E-state index in [1.54, 1.807) is 37.5 Å². The van der Waals surface area contributed by atoms with E-state index in [-0.39, 0.29) is 19.1 Å². The van der Waals surface area contributed by atoms with Crippen LogP contribution in [0.15, 0.2) is 72.8 Å². The lowest BCUT2D eigenvalue weighted by atomic mass is 9.98. The number of anilines is 1. The van der Waals surface area contributed by atoms with Gasteiger partial charge in [0.05, 0.1) is 19.4 Å². The fourth-order valence-electron chi connectivity index (χ4n) is 5.17. The minimum absolute atomic E-state index is 0.00850. The average Bonchev–Trinajstić information content (AvgIpc) is 3.36. The second-order valence-electron chi connectivity index (χ2n) is 10.0. The molecular weight excluding hydrogens is 548 g/mol. The number of ether oxygens (including phenoxy) is 4. The molecule has 0 unspecified atom stereocenters. The van der Waals surface area contributed by atoms with Gasteiger partial charge in [-0.2, -0.15) is 0 Å². The summed E-state index contributed by atoms with van der Waals surface area (Å²) in [5.41, 5.74) is 6.27. The summed E-state index contributed by atoms with van der Waals surface area (Å²) < 4.78 is 22.1. The van der Waals surface area contributed by atoms with Crippen LogP contribution in [-0.4, -0.2) is 63.0 Å². The van der Waals surface area contributed by atoms with Crippen molar-refractivity contribution in [1.29, 1.82) is 0 Å². The van der Waals surface area contributed by atoms with Crippen LogP contribution in [0.2, 0.25) is 0 Å². The molecule has 1 aliphatic carbocycles. The lowest BCUT2D eigenvalue weighted by molar-refractivity contribution is -0.165. The first-order valence-corrected chi connectivity index (χ1v) is 14.2. The first-order valence-electron chi connectivity index (χ1n) is 14.2. The smallest absolute Gasteiger partial charge is 0.407 e. The molecule has 1 aliphatic heterocycles. The maximum Gasteiger partial charge on any atom is 0.407 e. The number of esters is 1. The molecule has 9 heteroatoms. The molecule has 223 valence electrons. The molecule has 0 spiro atoms. The maximum atomic E-state index is 12.5. The zero-order chi connectivity index (χ0) is 30.0. The minimum atomic E-state index is -0.854. The first-order chi connectivity index (χ1) is 21.1. The molecule has 3 aromatic rings. The molecule has 0 bridgehead atoms. The van der Waals surface area contributed by atoms with Gasteiger partial charge in [0.25, 0.3) is 0 Å². The molecule has 3 aromatic carbocycles. The Labute approximate surface area is 251 Å².